The third kappa shape index (κ3) is 2.96. The lowest BCUT2D eigenvalue weighted by molar-refractivity contribution is 0.105. The van der Waals surface area contributed by atoms with E-state index in [1.807, 2.05) is 0 Å². The Hall–Kier alpha value is -1.40. The van der Waals surface area contributed by atoms with Crippen LogP contribution in [0.3, 0.4) is 0 Å². The number of aromatic nitrogens is 2. The summed E-state index contributed by atoms with van der Waals surface area (Å²) in [6.45, 7) is 4.25. The molecule has 1 saturated heterocycles. The maximum absolute atomic E-state index is 11.8. The van der Waals surface area contributed by atoms with Crippen LogP contribution in [-0.2, 0) is 25.4 Å². The summed E-state index contributed by atoms with van der Waals surface area (Å²) in [5, 5.41) is 3.30. The fourth-order valence-electron chi connectivity index (χ4n) is 2.38. The van der Waals surface area contributed by atoms with Crippen LogP contribution in [0.2, 0.25) is 0 Å². The summed E-state index contributed by atoms with van der Waals surface area (Å²) < 4.78 is 8.11. The van der Waals surface area contributed by atoms with E-state index in [9.17, 15) is 9.59 Å². The first kappa shape index (κ1) is 14.0. The molecule has 106 valence electrons. The van der Waals surface area contributed by atoms with Crippen LogP contribution in [0.15, 0.2) is 15.7 Å². The molecule has 2 heterocycles. The highest BCUT2D eigenvalue weighted by atomic mass is 16.5. The van der Waals surface area contributed by atoms with Crippen molar-refractivity contribution in [3.63, 3.8) is 0 Å². The number of hydrogen-bond acceptors (Lipinski definition) is 4. The van der Waals surface area contributed by atoms with Crippen LogP contribution in [0, 0.1) is 5.92 Å². The molecule has 1 aliphatic heterocycles. The Morgan fingerprint density at radius 2 is 2.11 bits per heavy atom. The Labute approximate surface area is 112 Å². The Bertz CT molecular complexity index is 561. The monoisotopic (exact) mass is 267 g/mol. The van der Waals surface area contributed by atoms with Crippen molar-refractivity contribution in [3.05, 3.63) is 32.6 Å². The van der Waals surface area contributed by atoms with Crippen molar-refractivity contribution in [1.82, 2.24) is 14.5 Å². The van der Waals surface area contributed by atoms with E-state index >= 15 is 0 Å². The molecule has 1 aromatic heterocycles. The molecular weight excluding hydrogens is 246 g/mol. The van der Waals surface area contributed by atoms with Gasteiger partial charge >= 0.3 is 5.69 Å². The number of rotatable bonds is 4. The van der Waals surface area contributed by atoms with Crippen LogP contribution in [0.1, 0.15) is 19.0 Å². The summed E-state index contributed by atoms with van der Waals surface area (Å²) in [6, 6.07) is 1.50. The van der Waals surface area contributed by atoms with Gasteiger partial charge in [-0.2, -0.15) is 0 Å². The Morgan fingerprint density at radius 1 is 1.37 bits per heavy atom. The van der Waals surface area contributed by atoms with Crippen molar-refractivity contribution < 1.29 is 4.74 Å². The second kappa shape index (κ2) is 5.71. The van der Waals surface area contributed by atoms with Crippen LogP contribution in [-0.4, -0.2) is 28.4 Å². The summed E-state index contributed by atoms with van der Waals surface area (Å²) in [4.78, 5) is 23.3. The average molecular weight is 267 g/mol. The van der Waals surface area contributed by atoms with Crippen molar-refractivity contribution in [2.75, 3.05) is 13.2 Å². The molecule has 1 aromatic rings. The third-order valence-corrected chi connectivity index (χ3v) is 3.87. The molecule has 0 saturated carbocycles. The van der Waals surface area contributed by atoms with Crippen LogP contribution < -0.4 is 16.6 Å². The summed E-state index contributed by atoms with van der Waals surface area (Å²) >= 11 is 0. The molecule has 1 aliphatic rings. The molecule has 0 bridgehead atoms. The molecule has 1 fully saturated rings. The van der Waals surface area contributed by atoms with Crippen molar-refractivity contribution >= 4 is 0 Å². The quantitative estimate of drug-likeness (QED) is 0.806. The molecular formula is C13H21N3O3. The average Bonchev–Trinajstić information content (AvgIpc) is 2.79. The highest BCUT2D eigenvalue weighted by Gasteiger charge is 2.23. The zero-order valence-electron chi connectivity index (χ0n) is 11.7. The number of hydrogen-bond donors (Lipinski definition) is 1. The normalized spacial score (nSPS) is 22.9. The molecule has 2 unspecified atom stereocenters. The standard InChI is InChI=1S/C13H21N3O3/c1-9-10(4-5-19-9)7-14-8-11-6-12(17)16(3)13(18)15(11)2/h6,9-10,14H,4-5,7-8H2,1-3H3. The lowest BCUT2D eigenvalue weighted by atomic mass is 10.0. The smallest absolute Gasteiger partial charge is 0.330 e. The lowest BCUT2D eigenvalue weighted by Crippen LogP contribution is -2.39. The first-order chi connectivity index (χ1) is 9.00. The molecule has 0 radical (unpaired) electrons. The number of ether oxygens (including phenoxy) is 1. The minimum Gasteiger partial charge on any atom is -0.378 e. The largest absolute Gasteiger partial charge is 0.378 e. The fourth-order valence-corrected chi connectivity index (χ4v) is 2.38. The van der Waals surface area contributed by atoms with Gasteiger partial charge in [0.1, 0.15) is 0 Å². The van der Waals surface area contributed by atoms with Crippen LogP contribution in [0.25, 0.3) is 0 Å². The van der Waals surface area contributed by atoms with Gasteiger partial charge in [0.05, 0.1) is 6.10 Å². The van der Waals surface area contributed by atoms with Gasteiger partial charge in [0.25, 0.3) is 5.56 Å². The van der Waals surface area contributed by atoms with Gasteiger partial charge in [-0.1, -0.05) is 0 Å². The SMILES string of the molecule is CC1OCCC1CNCc1cc(=O)n(C)c(=O)n1C. The van der Waals surface area contributed by atoms with Crippen molar-refractivity contribution in [2.45, 2.75) is 26.0 Å². The van der Waals surface area contributed by atoms with E-state index in [2.05, 4.69) is 12.2 Å². The Morgan fingerprint density at radius 3 is 2.74 bits per heavy atom. The van der Waals surface area contributed by atoms with Crippen LogP contribution in [0.5, 0.6) is 0 Å². The maximum atomic E-state index is 11.8. The van der Waals surface area contributed by atoms with E-state index < -0.39 is 0 Å². The highest BCUT2D eigenvalue weighted by molar-refractivity contribution is 5.01. The fraction of sp³-hybridized carbons (Fsp3) is 0.692. The van der Waals surface area contributed by atoms with Gasteiger partial charge in [-0.3, -0.25) is 13.9 Å². The predicted octanol–water partition coefficient (Wildman–Crippen LogP) is -0.401. The first-order valence-electron chi connectivity index (χ1n) is 6.59. The minimum absolute atomic E-state index is 0.266. The predicted molar refractivity (Wildman–Crippen MR) is 72.2 cm³/mol. The lowest BCUT2D eigenvalue weighted by Gasteiger charge is -2.15. The molecule has 0 spiro atoms. The molecule has 19 heavy (non-hydrogen) atoms. The molecule has 2 rings (SSSR count). The number of nitrogens with one attached hydrogen (secondary N) is 1. The van der Waals surface area contributed by atoms with E-state index in [1.165, 1.54) is 17.7 Å². The van der Waals surface area contributed by atoms with E-state index in [0.717, 1.165) is 24.1 Å². The second-order valence-electron chi connectivity index (χ2n) is 5.13. The van der Waals surface area contributed by atoms with Crippen LogP contribution in [0.4, 0.5) is 0 Å². The third-order valence-electron chi connectivity index (χ3n) is 3.87. The van der Waals surface area contributed by atoms with Gasteiger partial charge < -0.3 is 10.1 Å². The molecule has 6 nitrogen and oxygen atoms in total. The second-order valence-corrected chi connectivity index (χ2v) is 5.13. The zero-order chi connectivity index (χ0) is 14.0. The maximum Gasteiger partial charge on any atom is 0.330 e. The summed E-state index contributed by atoms with van der Waals surface area (Å²) in [5.41, 5.74) is 0.152. The van der Waals surface area contributed by atoms with Crippen LogP contribution >= 0.6 is 0 Å². The van der Waals surface area contributed by atoms with Gasteiger partial charge in [-0.05, 0) is 19.3 Å². The first-order valence-corrected chi connectivity index (χ1v) is 6.59. The summed E-state index contributed by atoms with van der Waals surface area (Å²) in [5.74, 6) is 0.503. The van der Waals surface area contributed by atoms with Gasteiger partial charge in [0, 0.05) is 45.6 Å². The molecule has 1 N–H and O–H groups in total. The molecule has 6 heteroatoms. The van der Waals surface area contributed by atoms with E-state index in [4.69, 9.17) is 4.74 Å². The van der Waals surface area contributed by atoms with E-state index in [0.29, 0.717) is 18.2 Å². The van der Waals surface area contributed by atoms with E-state index in [-0.39, 0.29) is 17.4 Å². The van der Waals surface area contributed by atoms with Gasteiger partial charge in [-0.25, -0.2) is 4.79 Å². The highest BCUT2D eigenvalue weighted by Crippen LogP contribution is 2.19. The van der Waals surface area contributed by atoms with Crippen molar-refractivity contribution in [3.8, 4) is 0 Å². The zero-order valence-corrected chi connectivity index (χ0v) is 11.7. The molecule has 0 aromatic carbocycles. The van der Waals surface area contributed by atoms with Crippen molar-refractivity contribution in [1.29, 1.82) is 0 Å². The van der Waals surface area contributed by atoms with Gasteiger partial charge in [-0.15, -0.1) is 0 Å². The van der Waals surface area contributed by atoms with E-state index in [1.54, 1.807) is 7.05 Å². The molecule has 0 aliphatic carbocycles. The Kier molecular flexibility index (Phi) is 4.21. The molecule has 2 atom stereocenters. The van der Waals surface area contributed by atoms with Gasteiger partial charge in [0.2, 0.25) is 0 Å². The Balaban J connectivity index is 2.00. The number of nitrogens with zero attached hydrogens (tertiary/aromatic N) is 2. The molecule has 0 amide bonds. The summed E-state index contributed by atoms with van der Waals surface area (Å²) in [6.07, 6.45) is 1.34. The van der Waals surface area contributed by atoms with Crippen molar-refractivity contribution in [2.24, 2.45) is 20.0 Å². The summed E-state index contributed by atoms with van der Waals surface area (Å²) in [7, 11) is 3.17. The minimum atomic E-state index is -0.290. The topological polar surface area (TPSA) is 65.3 Å². The van der Waals surface area contributed by atoms with Gasteiger partial charge in [0.15, 0.2) is 0 Å².